The van der Waals surface area contributed by atoms with Crippen LogP contribution >= 0.6 is 0 Å². The lowest BCUT2D eigenvalue weighted by molar-refractivity contribution is -0.146. The van der Waals surface area contributed by atoms with Gasteiger partial charge in [0.1, 0.15) is 18.7 Å². The number of alkyl carbamates (subject to hydrolysis) is 1. The third-order valence-corrected chi connectivity index (χ3v) is 7.39. The van der Waals surface area contributed by atoms with Crippen molar-refractivity contribution in [1.82, 2.24) is 15.5 Å². The molecule has 45 heavy (non-hydrogen) atoms. The summed E-state index contributed by atoms with van der Waals surface area (Å²) in [5.74, 6) is -0.797. The smallest absolute Gasteiger partial charge is 0.407 e. The number of amides is 2. The molecule has 0 fully saturated rings. The number of nitrogens with zero attached hydrogens (tertiary/aromatic N) is 1. The van der Waals surface area contributed by atoms with Gasteiger partial charge in [0.25, 0.3) is 0 Å². The van der Waals surface area contributed by atoms with E-state index in [2.05, 4.69) is 15.5 Å². The average molecular weight is 608 g/mol. The summed E-state index contributed by atoms with van der Waals surface area (Å²) in [5, 5.41) is 5.73. The van der Waals surface area contributed by atoms with Gasteiger partial charge >= 0.3 is 12.1 Å². The number of rotatable bonds is 16. The SMILES string of the molecule is COC(=O)[C@H](CCCCNC(=O)OCc1ccccc1)NC(=O)[C@@H](c1ccccc1)N(Cc1ccccc1)Cc1ccccc1. The molecule has 4 rings (SSSR count). The Hall–Kier alpha value is -4.95. The summed E-state index contributed by atoms with van der Waals surface area (Å²) in [4.78, 5) is 41.1. The maximum atomic E-state index is 14.1. The third-order valence-electron chi connectivity index (χ3n) is 7.39. The minimum absolute atomic E-state index is 0.192. The first-order chi connectivity index (χ1) is 22.0. The van der Waals surface area contributed by atoms with Gasteiger partial charge in [0.15, 0.2) is 0 Å². The number of unbranched alkanes of at least 4 members (excludes halogenated alkanes) is 1. The highest BCUT2D eigenvalue weighted by atomic mass is 16.5. The number of nitrogens with one attached hydrogen (secondary N) is 2. The van der Waals surface area contributed by atoms with Crippen molar-refractivity contribution in [2.24, 2.45) is 0 Å². The molecule has 8 heteroatoms. The first kappa shape index (κ1) is 33.0. The van der Waals surface area contributed by atoms with Crippen LogP contribution in [-0.2, 0) is 38.8 Å². The van der Waals surface area contributed by atoms with E-state index in [9.17, 15) is 14.4 Å². The average Bonchev–Trinajstić information content (AvgIpc) is 3.08. The van der Waals surface area contributed by atoms with Crippen LogP contribution in [0.5, 0.6) is 0 Å². The van der Waals surface area contributed by atoms with Crippen LogP contribution in [-0.4, -0.2) is 42.6 Å². The Morgan fingerprint density at radius 2 is 1.20 bits per heavy atom. The zero-order valence-corrected chi connectivity index (χ0v) is 25.6. The van der Waals surface area contributed by atoms with E-state index in [4.69, 9.17) is 9.47 Å². The zero-order chi connectivity index (χ0) is 31.7. The van der Waals surface area contributed by atoms with Crippen molar-refractivity contribution in [2.45, 2.75) is 51.0 Å². The van der Waals surface area contributed by atoms with Crippen LogP contribution in [0.4, 0.5) is 4.79 Å². The van der Waals surface area contributed by atoms with Gasteiger partial charge in [-0.3, -0.25) is 9.69 Å². The molecular weight excluding hydrogens is 566 g/mol. The van der Waals surface area contributed by atoms with Crippen LogP contribution in [0.2, 0.25) is 0 Å². The molecule has 0 saturated heterocycles. The van der Waals surface area contributed by atoms with Crippen molar-refractivity contribution < 1.29 is 23.9 Å². The van der Waals surface area contributed by atoms with Crippen LogP contribution in [0, 0.1) is 0 Å². The fourth-order valence-electron chi connectivity index (χ4n) is 5.12. The fraction of sp³-hybridized carbons (Fsp3) is 0.270. The van der Waals surface area contributed by atoms with Gasteiger partial charge in [-0.15, -0.1) is 0 Å². The predicted molar refractivity (Wildman–Crippen MR) is 174 cm³/mol. The van der Waals surface area contributed by atoms with Crippen LogP contribution in [0.25, 0.3) is 0 Å². The molecule has 2 atom stereocenters. The first-order valence-corrected chi connectivity index (χ1v) is 15.2. The van der Waals surface area contributed by atoms with Crippen molar-refractivity contribution in [3.63, 3.8) is 0 Å². The van der Waals surface area contributed by atoms with Crippen molar-refractivity contribution in [2.75, 3.05) is 13.7 Å². The van der Waals surface area contributed by atoms with E-state index in [0.29, 0.717) is 38.9 Å². The molecule has 0 radical (unpaired) electrons. The van der Waals surface area contributed by atoms with Gasteiger partial charge in [-0.1, -0.05) is 121 Å². The number of benzene rings is 4. The Labute approximate surface area is 265 Å². The Kier molecular flexibility index (Phi) is 13.2. The summed E-state index contributed by atoms with van der Waals surface area (Å²) in [6, 6.07) is 37.6. The van der Waals surface area contributed by atoms with Crippen LogP contribution in [0.1, 0.15) is 47.6 Å². The summed E-state index contributed by atoms with van der Waals surface area (Å²) in [6.45, 7) is 1.62. The largest absolute Gasteiger partial charge is 0.467 e. The van der Waals surface area contributed by atoms with E-state index in [1.54, 1.807) is 0 Å². The normalized spacial score (nSPS) is 12.1. The van der Waals surface area contributed by atoms with E-state index >= 15 is 0 Å². The molecular formula is C37H41N3O5. The second kappa shape index (κ2) is 18.0. The molecule has 0 aliphatic carbocycles. The van der Waals surface area contributed by atoms with Gasteiger partial charge in [0, 0.05) is 19.6 Å². The van der Waals surface area contributed by atoms with Crippen LogP contribution in [0.3, 0.4) is 0 Å². The molecule has 0 heterocycles. The number of hydrogen-bond donors (Lipinski definition) is 2. The standard InChI is InChI=1S/C37H41N3O5/c1-44-36(42)33(24-14-15-25-38-37(43)45-28-31-20-10-4-11-21-31)39-35(41)34(32-22-12-5-13-23-32)40(26-29-16-6-2-7-17-29)27-30-18-8-3-9-19-30/h2-13,16-23,33-34H,14-15,24-28H2,1H3,(H,38,43)(H,39,41)/t33-,34+/m0/s1. The first-order valence-electron chi connectivity index (χ1n) is 15.2. The summed E-state index contributed by atoms with van der Waals surface area (Å²) in [6.07, 6.45) is 1.03. The van der Waals surface area contributed by atoms with Crippen LogP contribution < -0.4 is 10.6 Å². The second-order valence-electron chi connectivity index (χ2n) is 10.8. The monoisotopic (exact) mass is 607 g/mol. The quantitative estimate of drug-likeness (QED) is 0.117. The van der Waals surface area contributed by atoms with Crippen LogP contribution in [0.15, 0.2) is 121 Å². The predicted octanol–water partition coefficient (Wildman–Crippen LogP) is 6.18. The molecule has 0 bridgehead atoms. The topological polar surface area (TPSA) is 97.0 Å². The minimum Gasteiger partial charge on any atom is -0.467 e. The van der Waals surface area contributed by atoms with E-state index in [1.807, 2.05) is 121 Å². The molecule has 2 N–H and O–H groups in total. The zero-order valence-electron chi connectivity index (χ0n) is 25.6. The molecule has 234 valence electrons. The highest BCUT2D eigenvalue weighted by Gasteiger charge is 2.31. The molecule has 0 spiro atoms. The maximum absolute atomic E-state index is 14.1. The molecule has 0 unspecified atom stereocenters. The van der Waals surface area contributed by atoms with Crippen molar-refractivity contribution >= 4 is 18.0 Å². The number of hydrogen-bond acceptors (Lipinski definition) is 6. The van der Waals surface area contributed by atoms with Gasteiger partial charge in [0.2, 0.25) is 5.91 Å². The number of carbonyl (C=O) groups excluding carboxylic acids is 3. The number of esters is 1. The lowest BCUT2D eigenvalue weighted by Gasteiger charge is -2.32. The van der Waals surface area contributed by atoms with E-state index < -0.39 is 24.1 Å². The highest BCUT2D eigenvalue weighted by molar-refractivity contribution is 5.88. The Morgan fingerprint density at radius 1 is 0.689 bits per heavy atom. The molecule has 4 aromatic rings. The summed E-state index contributed by atoms with van der Waals surface area (Å²) < 4.78 is 10.3. The van der Waals surface area contributed by atoms with Gasteiger partial charge in [0.05, 0.1) is 7.11 Å². The van der Waals surface area contributed by atoms with Crippen molar-refractivity contribution in [3.05, 3.63) is 144 Å². The van der Waals surface area contributed by atoms with Gasteiger partial charge in [-0.25, -0.2) is 9.59 Å². The number of carbonyl (C=O) groups is 3. The lowest BCUT2D eigenvalue weighted by Crippen LogP contribution is -2.47. The minimum atomic E-state index is -0.839. The van der Waals surface area contributed by atoms with Gasteiger partial charge in [-0.05, 0) is 41.5 Å². The summed E-state index contributed by atoms with van der Waals surface area (Å²) in [5.41, 5.74) is 3.87. The van der Waals surface area contributed by atoms with Gasteiger partial charge in [-0.2, -0.15) is 0 Å². The van der Waals surface area contributed by atoms with E-state index in [-0.39, 0.29) is 12.5 Å². The molecule has 0 saturated carbocycles. The Balaban J connectivity index is 1.41. The highest BCUT2D eigenvalue weighted by Crippen LogP contribution is 2.26. The van der Waals surface area contributed by atoms with E-state index in [0.717, 1.165) is 22.3 Å². The van der Waals surface area contributed by atoms with E-state index in [1.165, 1.54) is 7.11 Å². The molecule has 0 aliphatic heterocycles. The molecule has 8 nitrogen and oxygen atoms in total. The second-order valence-corrected chi connectivity index (χ2v) is 10.8. The molecule has 4 aromatic carbocycles. The van der Waals surface area contributed by atoms with Crippen molar-refractivity contribution in [1.29, 1.82) is 0 Å². The molecule has 2 amide bonds. The van der Waals surface area contributed by atoms with Crippen molar-refractivity contribution in [3.8, 4) is 0 Å². The maximum Gasteiger partial charge on any atom is 0.407 e. The lowest BCUT2D eigenvalue weighted by atomic mass is 10.0. The number of ether oxygens (including phenoxy) is 2. The molecule has 0 aromatic heterocycles. The Bertz CT molecular complexity index is 1410. The number of methoxy groups -OCH3 is 1. The Morgan fingerprint density at radius 3 is 1.73 bits per heavy atom. The van der Waals surface area contributed by atoms with Gasteiger partial charge < -0.3 is 20.1 Å². The summed E-state index contributed by atoms with van der Waals surface area (Å²) in [7, 11) is 1.32. The fourth-order valence-corrected chi connectivity index (χ4v) is 5.12. The third kappa shape index (κ3) is 10.9. The molecule has 0 aliphatic rings. The summed E-state index contributed by atoms with van der Waals surface area (Å²) >= 11 is 0.